The third-order valence-electron chi connectivity index (χ3n) is 6.19. The Morgan fingerprint density at radius 1 is 1.08 bits per heavy atom. The van der Waals surface area contributed by atoms with Gasteiger partial charge in [0, 0.05) is 30.9 Å². The number of halogens is 1. The normalized spacial score (nSPS) is 15.4. The van der Waals surface area contributed by atoms with Gasteiger partial charge in [0.25, 0.3) is 0 Å². The zero-order chi connectivity index (χ0) is 25.6. The smallest absolute Gasteiger partial charge is 0.407 e. The molecule has 0 spiro atoms. The zero-order valence-corrected chi connectivity index (χ0v) is 20.8. The summed E-state index contributed by atoms with van der Waals surface area (Å²) in [5.74, 6) is 1.89. The monoisotopic (exact) mass is 519 g/mol. The molecule has 0 aliphatic carbocycles. The highest BCUT2D eigenvalue weighted by Crippen LogP contribution is 2.34. The molecule has 10 heteroatoms. The van der Waals surface area contributed by atoms with E-state index < -0.39 is 6.09 Å². The van der Waals surface area contributed by atoms with Crippen LogP contribution in [0.3, 0.4) is 0 Å². The second-order valence-corrected chi connectivity index (χ2v) is 9.21. The molecule has 4 aromatic rings. The Hall–Kier alpha value is -4.11. The lowest BCUT2D eigenvalue weighted by Crippen LogP contribution is -2.40. The van der Waals surface area contributed by atoms with Crippen molar-refractivity contribution >= 4 is 40.1 Å². The van der Waals surface area contributed by atoms with Crippen LogP contribution < -0.4 is 14.8 Å². The SMILES string of the molecule is O=C(O)N1CCC[C@@H](COc2cccc3ncnc(Nc4ccc(OCc5ccccn5)c(Cl)c4)c23)C1. The van der Waals surface area contributed by atoms with E-state index in [1.807, 2.05) is 42.5 Å². The number of hydrogen-bond acceptors (Lipinski definition) is 7. The summed E-state index contributed by atoms with van der Waals surface area (Å²) < 4.78 is 12.0. The van der Waals surface area contributed by atoms with Gasteiger partial charge < -0.3 is 24.8 Å². The summed E-state index contributed by atoms with van der Waals surface area (Å²) in [6.07, 6.45) is 4.07. The summed E-state index contributed by atoms with van der Waals surface area (Å²) in [6.45, 7) is 1.76. The third-order valence-corrected chi connectivity index (χ3v) is 6.48. The minimum atomic E-state index is -0.887. The fraction of sp³-hybridized carbons (Fsp3) is 0.259. The van der Waals surface area contributed by atoms with Gasteiger partial charge in [0.2, 0.25) is 0 Å². The van der Waals surface area contributed by atoms with Gasteiger partial charge in [-0.2, -0.15) is 0 Å². The van der Waals surface area contributed by atoms with Crippen LogP contribution in [0.1, 0.15) is 18.5 Å². The third kappa shape index (κ3) is 6.00. The van der Waals surface area contributed by atoms with E-state index in [0.717, 1.165) is 35.1 Å². The molecule has 2 aromatic carbocycles. The van der Waals surface area contributed by atoms with Gasteiger partial charge in [0.05, 0.1) is 28.2 Å². The Morgan fingerprint density at radius 3 is 2.81 bits per heavy atom. The first-order valence-corrected chi connectivity index (χ1v) is 12.4. The van der Waals surface area contributed by atoms with Crippen molar-refractivity contribution in [2.75, 3.05) is 25.0 Å². The van der Waals surface area contributed by atoms with Gasteiger partial charge in [-0.25, -0.2) is 14.8 Å². The minimum Gasteiger partial charge on any atom is -0.492 e. The van der Waals surface area contributed by atoms with Gasteiger partial charge in [0.1, 0.15) is 30.3 Å². The molecular weight excluding hydrogens is 494 g/mol. The predicted octanol–water partition coefficient (Wildman–Crippen LogP) is 5.77. The maximum Gasteiger partial charge on any atom is 0.407 e. The van der Waals surface area contributed by atoms with E-state index in [0.29, 0.717) is 48.6 Å². The number of amides is 1. The summed E-state index contributed by atoms with van der Waals surface area (Å²) in [7, 11) is 0. The summed E-state index contributed by atoms with van der Waals surface area (Å²) >= 11 is 6.49. The highest BCUT2D eigenvalue weighted by molar-refractivity contribution is 6.32. The average molecular weight is 520 g/mol. The number of rotatable bonds is 8. The van der Waals surface area contributed by atoms with Crippen LogP contribution in [0.2, 0.25) is 5.02 Å². The molecule has 0 radical (unpaired) electrons. The molecule has 3 heterocycles. The van der Waals surface area contributed by atoms with Gasteiger partial charge in [-0.05, 0) is 55.3 Å². The number of fused-ring (bicyclic) bond motifs is 1. The predicted molar refractivity (Wildman–Crippen MR) is 141 cm³/mol. The number of piperidine rings is 1. The fourth-order valence-corrected chi connectivity index (χ4v) is 4.58. The largest absolute Gasteiger partial charge is 0.492 e. The zero-order valence-electron chi connectivity index (χ0n) is 20.0. The molecule has 1 aliphatic heterocycles. The molecule has 0 unspecified atom stereocenters. The van der Waals surface area contributed by atoms with Crippen LogP contribution in [0.25, 0.3) is 10.9 Å². The molecule has 1 atom stereocenters. The quantitative estimate of drug-likeness (QED) is 0.302. The molecule has 0 saturated carbocycles. The first-order valence-electron chi connectivity index (χ1n) is 12.0. The number of aromatic nitrogens is 3. The molecular formula is C27H26ClN5O4. The number of nitrogens with one attached hydrogen (secondary N) is 1. The Balaban J connectivity index is 1.31. The van der Waals surface area contributed by atoms with E-state index in [-0.39, 0.29) is 5.92 Å². The number of benzene rings is 2. The van der Waals surface area contributed by atoms with Crippen LogP contribution in [-0.2, 0) is 6.61 Å². The van der Waals surface area contributed by atoms with Gasteiger partial charge >= 0.3 is 6.09 Å². The topological polar surface area (TPSA) is 110 Å². The first-order chi connectivity index (χ1) is 18.1. The molecule has 37 heavy (non-hydrogen) atoms. The fourth-order valence-electron chi connectivity index (χ4n) is 4.34. The molecule has 0 bridgehead atoms. The van der Waals surface area contributed by atoms with Crippen molar-refractivity contribution in [1.29, 1.82) is 0 Å². The second kappa shape index (κ2) is 11.3. The number of carbonyl (C=O) groups is 1. The highest BCUT2D eigenvalue weighted by atomic mass is 35.5. The van der Waals surface area contributed by atoms with E-state index in [1.54, 1.807) is 18.3 Å². The van der Waals surface area contributed by atoms with Crippen LogP contribution >= 0.6 is 11.6 Å². The Kier molecular flexibility index (Phi) is 7.51. The minimum absolute atomic E-state index is 0.124. The molecule has 2 aromatic heterocycles. The van der Waals surface area contributed by atoms with Crippen LogP contribution in [-0.4, -0.2) is 50.7 Å². The molecule has 1 aliphatic rings. The van der Waals surface area contributed by atoms with E-state index in [1.165, 1.54) is 11.2 Å². The number of nitrogens with zero attached hydrogens (tertiary/aromatic N) is 4. The molecule has 1 fully saturated rings. The van der Waals surface area contributed by atoms with Gasteiger partial charge in [0.15, 0.2) is 0 Å². The van der Waals surface area contributed by atoms with Gasteiger partial charge in [-0.1, -0.05) is 23.7 Å². The van der Waals surface area contributed by atoms with Gasteiger partial charge in [-0.3, -0.25) is 4.98 Å². The molecule has 5 rings (SSSR count). The summed E-state index contributed by atoms with van der Waals surface area (Å²) in [4.78, 5) is 25.9. The van der Waals surface area contributed by atoms with E-state index in [2.05, 4.69) is 20.3 Å². The number of ether oxygens (including phenoxy) is 2. The van der Waals surface area contributed by atoms with Crippen molar-refractivity contribution in [2.45, 2.75) is 19.4 Å². The van der Waals surface area contributed by atoms with Crippen molar-refractivity contribution in [1.82, 2.24) is 19.9 Å². The van der Waals surface area contributed by atoms with Crippen LogP contribution in [0.5, 0.6) is 11.5 Å². The lowest BCUT2D eigenvalue weighted by atomic mass is 9.99. The Morgan fingerprint density at radius 2 is 2.00 bits per heavy atom. The van der Waals surface area contributed by atoms with Crippen molar-refractivity contribution < 1.29 is 19.4 Å². The summed E-state index contributed by atoms with van der Waals surface area (Å²) in [6, 6.07) is 16.7. The number of anilines is 2. The Bertz CT molecular complexity index is 1380. The van der Waals surface area contributed by atoms with Crippen LogP contribution in [0.15, 0.2) is 67.1 Å². The summed E-state index contributed by atoms with van der Waals surface area (Å²) in [5, 5.41) is 13.8. The molecule has 1 amide bonds. The average Bonchev–Trinajstić information content (AvgIpc) is 2.92. The van der Waals surface area contributed by atoms with E-state index >= 15 is 0 Å². The molecule has 9 nitrogen and oxygen atoms in total. The Labute approximate surface area is 219 Å². The van der Waals surface area contributed by atoms with Crippen molar-refractivity contribution in [3.63, 3.8) is 0 Å². The summed E-state index contributed by atoms with van der Waals surface area (Å²) in [5.41, 5.74) is 2.27. The maximum absolute atomic E-state index is 11.4. The first kappa shape index (κ1) is 24.6. The highest BCUT2D eigenvalue weighted by Gasteiger charge is 2.24. The van der Waals surface area contributed by atoms with Crippen molar-refractivity contribution in [3.05, 3.63) is 77.8 Å². The van der Waals surface area contributed by atoms with Crippen molar-refractivity contribution in [2.24, 2.45) is 5.92 Å². The second-order valence-electron chi connectivity index (χ2n) is 8.80. The lowest BCUT2D eigenvalue weighted by Gasteiger charge is -2.30. The molecule has 190 valence electrons. The number of likely N-dealkylation sites (tertiary alicyclic amines) is 1. The lowest BCUT2D eigenvalue weighted by molar-refractivity contribution is 0.105. The van der Waals surface area contributed by atoms with Gasteiger partial charge in [-0.15, -0.1) is 0 Å². The number of carboxylic acid groups (broad SMARTS) is 1. The standard InChI is InChI=1S/C27H26ClN5O4/c28-21-13-19(9-10-23(21)37-16-20-6-1-2-11-29-20)32-26-25-22(30-17-31-26)7-3-8-24(25)36-15-18-5-4-12-33(14-18)27(34)35/h1-3,6-11,13,17-18H,4-5,12,14-16H2,(H,34,35)(H,30,31,32)/t18-/m1/s1. The molecule has 1 saturated heterocycles. The number of pyridine rings is 1. The van der Waals surface area contributed by atoms with E-state index in [4.69, 9.17) is 21.1 Å². The van der Waals surface area contributed by atoms with E-state index in [9.17, 15) is 9.90 Å². The van der Waals surface area contributed by atoms with Crippen LogP contribution in [0.4, 0.5) is 16.3 Å². The number of hydrogen-bond donors (Lipinski definition) is 2. The van der Waals surface area contributed by atoms with Crippen LogP contribution in [0, 0.1) is 5.92 Å². The molecule has 2 N–H and O–H groups in total. The maximum atomic E-state index is 11.4. The van der Waals surface area contributed by atoms with Crippen molar-refractivity contribution in [3.8, 4) is 11.5 Å².